The predicted octanol–water partition coefficient (Wildman–Crippen LogP) is 10.7. The Balaban J connectivity index is 1.51. The number of nitrogens with zero attached hydrogens (tertiary/aromatic N) is 2. The number of fused-ring (bicyclic) bond motifs is 4. The third-order valence-electron chi connectivity index (χ3n) is 10.0. The Bertz CT molecular complexity index is 1680. The fourth-order valence-corrected chi connectivity index (χ4v) is 13.5. The molecule has 0 spiro atoms. The lowest BCUT2D eigenvalue weighted by Gasteiger charge is -2.45. The van der Waals surface area contributed by atoms with E-state index in [4.69, 9.17) is 9.97 Å². The SMILES string of the molecule is CC[Si](CC)(CC)c1cc(-c2ncnc3c2sc2cc(C4CC(C)(C)CC(C)(C)C4)ccc23)cc2ccccc12. The van der Waals surface area contributed by atoms with Gasteiger partial charge >= 0.3 is 0 Å². The maximum Gasteiger partial charge on any atom is 0.116 e. The molecule has 0 saturated heterocycles. The van der Waals surface area contributed by atoms with Crippen LogP contribution in [-0.4, -0.2) is 18.0 Å². The van der Waals surface area contributed by atoms with Gasteiger partial charge in [-0.05, 0) is 64.5 Å². The molecule has 2 nitrogen and oxygen atoms in total. The summed E-state index contributed by atoms with van der Waals surface area (Å²) in [6, 6.07) is 24.9. The molecule has 0 N–H and O–H groups in total. The van der Waals surface area contributed by atoms with Crippen molar-refractivity contribution < 1.29 is 0 Å². The van der Waals surface area contributed by atoms with Gasteiger partial charge < -0.3 is 0 Å². The van der Waals surface area contributed by atoms with E-state index in [0.717, 1.165) is 11.2 Å². The molecule has 6 rings (SSSR count). The number of thiophene rings is 1. The molecule has 208 valence electrons. The lowest BCUT2D eigenvalue weighted by molar-refractivity contribution is 0.0969. The summed E-state index contributed by atoms with van der Waals surface area (Å²) in [5.41, 5.74) is 5.68. The summed E-state index contributed by atoms with van der Waals surface area (Å²) in [7, 11) is -1.61. The molecule has 0 aliphatic heterocycles. The summed E-state index contributed by atoms with van der Waals surface area (Å²) in [4.78, 5) is 9.78. The Labute approximate surface area is 245 Å². The van der Waals surface area contributed by atoms with Gasteiger partial charge in [0.25, 0.3) is 0 Å². The van der Waals surface area contributed by atoms with Crippen LogP contribution in [0.3, 0.4) is 0 Å². The standard InChI is InChI=1S/C36H44N2SSi/c1-8-40(9-2,10-3)31-19-26(17-25-13-11-12-14-28(25)31)32-34-33(38-23-37-32)29-16-15-24(18-30(29)39-34)27-20-35(4,5)22-36(6,7)21-27/h11-19,23,27H,8-10,20-22H2,1-7H3. The summed E-state index contributed by atoms with van der Waals surface area (Å²) in [6.07, 6.45) is 5.60. The third-order valence-corrected chi connectivity index (χ3v) is 16.8. The van der Waals surface area contributed by atoms with Gasteiger partial charge in [0.2, 0.25) is 0 Å². The minimum atomic E-state index is -1.61. The van der Waals surface area contributed by atoms with Crippen molar-refractivity contribution in [3.05, 3.63) is 66.5 Å². The first-order valence-electron chi connectivity index (χ1n) is 15.3. The van der Waals surface area contributed by atoms with Gasteiger partial charge in [-0.3, -0.25) is 0 Å². The molecule has 0 bridgehead atoms. The maximum absolute atomic E-state index is 4.94. The van der Waals surface area contributed by atoms with Crippen LogP contribution >= 0.6 is 11.3 Å². The van der Waals surface area contributed by atoms with Crippen molar-refractivity contribution in [2.75, 3.05) is 0 Å². The Hall–Kier alpha value is -2.56. The van der Waals surface area contributed by atoms with Crippen molar-refractivity contribution in [3.8, 4) is 11.3 Å². The monoisotopic (exact) mass is 564 g/mol. The van der Waals surface area contributed by atoms with Gasteiger partial charge in [0.1, 0.15) is 6.33 Å². The molecule has 1 fully saturated rings. The van der Waals surface area contributed by atoms with Crippen LogP contribution in [0.25, 0.3) is 42.3 Å². The van der Waals surface area contributed by atoms with Crippen molar-refractivity contribution >= 4 is 55.7 Å². The third kappa shape index (κ3) is 4.71. The van der Waals surface area contributed by atoms with Crippen molar-refractivity contribution in [2.45, 2.75) is 91.8 Å². The van der Waals surface area contributed by atoms with E-state index in [1.807, 2.05) is 11.3 Å². The number of aromatic nitrogens is 2. The molecule has 40 heavy (non-hydrogen) atoms. The van der Waals surface area contributed by atoms with Crippen LogP contribution < -0.4 is 5.19 Å². The van der Waals surface area contributed by atoms with Crippen LogP contribution in [0, 0.1) is 10.8 Å². The second-order valence-corrected chi connectivity index (χ2v) is 20.2. The lowest BCUT2D eigenvalue weighted by Crippen LogP contribution is -2.46. The second kappa shape index (κ2) is 10.1. The van der Waals surface area contributed by atoms with Crippen molar-refractivity contribution in [1.29, 1.82) is 0 Å². The highest BCUT2D eigenvalue weighted by molar-refractivity contribution is 7.26. The molecular weight excluding hydrogens is 521 g/mol. The van der Waals surface area contributed by atoms with Crippen molar-refractivity contribution in [1.82, 2.24) is 9.97 Å². The summed E-state index contributed by atoms with van der Waals surface area (Å²) >= 11 is 1.88. The van der Waals surface area contributed by atoms with E-state index in [-0.39, 0.29) is 0 Å². The van der Waals surface area contributed by atoms with Crippen LogP contribution in [0.4, 0.5) is 0 Å². The van der Waals surface area contributed by atoms with Crippen LogP contribution in [0.15, 0.2) is 60.9 Å². The first kappa shape index (κ1) is 27.6. The van der Waals surface area contributed by atoms with Gasteiger partial charge in [-0.25, -0.2) is 9.97 Å². The highest BCUT2D eigenvalue weighted by Crippen LogP contribution is 2.52. The molecule has 3 aromatic carbocycles. The fraction of sp³-hybridized carbons (Fsp3) is 0.444. The van der Waals surface area contributed by atoms with E-state index in [2.05, 4.69) is 103 Å². The summed E-state index contributed by atoms with van der Waals surface area (Å²) in [5, 5.41) is 5.64. The van der Waals surface area contributed by atoms with Crippen LogP contribution in [0.1, 0.15) is 79.2 Å². The lowest BCUT2D eigenvalue weighted by atomic mass is 9.60. The van der Waals surface area contributed by atoms with Crippen LogP contribution in [0.2, 0.25) is 18.1 Å². The molecule has 1 aliphatic rings. The average Bonchev–Trinajstić information content (AvgIpc) is 3.30. The smallest absolute Gasteiger partial charge is 0.116 e. The van der Waals surface area contributed by atoms with Gasteiger partial charge in [-0.2, -0.15) is 0 Å². The summed E-state index contributed by atoms with van der Waals surface area (Å²) in [5.74, 6) is 0.608. The average molecular weight is 565 g/mol. The zero-order valence-electron chi connectivity index (χ0n) is 25.4. The van der Waals surface area contributed by atoms with E-state index >= 15 is 0 Å². The molecule has 0 unspecified atom stereocenters. The zero-order chi connectivity index (χ0) is 28.3. The number of rotatable bonds is 6. The second-order valence-electron chi connectivity index (χ2n) is 14.0. The molecule has 1 saturated carbocycles. The molecule has 2 aromatic heterocycles. The minimum absolute atomic E-state index is 0.377. The van der Waals surface area contributed by atoms with Gasteiger partial charge in [-0.15, -0.1) is 11.3 Å². The fourth-order valence-electron chi connectivity index (χ4n) is 8.34. The summed E-state index contributed by atoms with van der Waals surface area (Å²) in [6.45, 7) is 17.0. The van der Waals surface area contributed by atoms with Crippen molar-refractivity contribution in [2.24, 2.45) is 10.8 Å². The highest BCUT2D eigenvalue weighted by Gasteiger charge is 2.39. The van der Waals surface area contributed by atoms with E-state index in [1.165, 1.54) is 74.1 Å². The molecule has 4 heteroatoms. The number of hydrogen-bond donors (Lipinski definition) is 0. The zero-order valence-corrected chi connectivity index (χ0v) is 27.2. The van der Waals surface area contributed by atoms with Crippen LogP contribution in [-0.2, 0) is 0 Å². The molecule has 0 radical (unpaired) electrons. The maximum atomic E-state index is 4.94. The van der Waals surface area contributed by atoms with Gasteiger partial charge in [0, 0.05) is 15.6 Å². The molecule has 0 atom stereocenters. The quantitative estimate of drug-likeness (QED) is 0.192. The van der Waals surface area contributed by atoms with Gasteiger partial charge in [0.05, 0.1) is 24.0 Å². The molecule has 1 aliphatic carbocycles. The van der Waals surface area contributed by atoms with E-state index < -0.39 is 8.07 Å². The van der Waals surface area contributed by atoms with Crippen molar-refractivity contribution in [3.63, 3.8) is 0 Å². The summed E-state index contributed by atoms with van der Waals surface area (Å²) < 4.78 is 2.56. The first-order valence-corrected chi connectivity index (χ1v) is 18.7. The molecule has 5 aromatic rings. The van der Waals surface area contributed by atoms with Gasteiger partial charge in [-0.1, -0.05) is 114 Å². The predicted molar refractivity (Wildman–Crippen MR) is 179 cm³/mol. The topological polar surface area (TPSA) is 25.8 Å². The number of hydrogen-bond acceptors (Lipinski definition) is 3. The number of benzene rings is 3. The van der Waals surface area contributed by atoms with Crippen LogP contribution in [0.5, 0.6) is 0 Å². The normalized spacial score (nSPS) is 17.7. The Morgan fingerprint density at radius 1 is 0.825 bits per heavy atom. The molecular formula is C36H44N2SSi. The molecule has 0 amide bonds. The molecule has 2 heterocycles. The van der Waals surface area contributed by atoms with E-state index in [1.54, 1.807) is 11.5 Å². The van der Waals surface area contributed by atoms with E-state index in [0.29, 0.717) is 16.7 Å². The highest BCUT2D eigenvalue weighted by atomic mass is 32.1. The Morgan fingerprint density at radius 2 is 1.52 bits per heavy atom. The van der Waals surface area contributed by atoms with E-state index in [9.17, 15) is 0 Å². The largest absolute Gasteiger partial charge is 0.235 e. The minimum Gasteiger partial charge on any atom is -0.235 e. The Kier molecular flexibility index (Phi) is 6.94. The Morgan fingerprint density at radius 3 is 2.23 bits per heavy atom. The van der Waals surface area contributed by atoms with Gasteiger partial charge in [0.15, 0.2) is 0 Å². The first-order chi connectivity index (χ1) is 19.1.